The topological polar surface area (TPSA) is 93.2 Å². The van der Waals surface area contributed by atoms with Crippen LogP contribution in [-0.2, 0) is 5.54 Å². The van der Waals surface area contributed by atoms with Gasteiger partial charge in [0.05, 0.1) is 11.1 Å². The minimum atomic E-state index is -0.588. The first-order valence-corrected chi connectivity index (χ1v) is 7.61. The smallest absolute Gasteiger partial charge is 0.284 e. The summed E-state index contributed by atoms with van der Waals surface area (Å²) in [5.74, 6) is -0.267. The van der Waals surface area contributed by atoms with E-state index in [2.05, 4.69) is 10.3 Å². The molecule has 0 atom stereocenters. The van der Waals surface area contributed by atoms with E-state index in [1.54, 1.807) is 17.0 Å². The maximum absolute atomic E-state index is 11.4. The van der Waals surface area contributed by atoms with Crippen LogP contribution in [-0.4, -0.2) is 39.3 Å². The average molecular weight is 294 g/mol. The number of aliphatic hydroxyl groups is 1. The number of nitrogens with one attached hydrogen (secondary N) is 1. The number of amides is 1. The molecule has 0 aromatic carbocycles. The van der Waals surface area contributed by atoms with Crippen molar-refractivity contribution in [2.75, 3.05) is 13.1 Å². The molecule has 21 heavy (non-hydrogen) atoms. The van der Waals surface area contributed by atoms with Gasteiger partial charge in [-0.25, -0.2) is 4.98 Å². The molecule has 1 saturated carbocycles. The van der Waals surface area contributed by atoms with Crippen molar-refractivity contribution in [2.45, 2.75) is 57.1 Å². The highest BCUT2D eigenvalue weighted by atomic mass is 16.3. The third-order valence-corrected chi connectivity index (χ3v) is 4.31. The molecular weight excluding hydrogens is 268 g/mol. The summed E-state index contributed by atoms with van der Waals surface area (Å²) >= 11 is 0. The van der Waals surface area contributed by atoms with Gasteiger partial charge in [0, 0.05) is 25.5 Å². The summed E-state index contributed by atoms with van der Waals surface area (Å²) in [5, 5.41) is 13.8. The Balaban J connectivity index is 1.94. The molecule has 1 aromatic rings. The summed E-state index contributed by atoms with van der Waals surface area (Å²) in [6.07, 6.45) is 8.46. The quantitative estimate of drug-likeness (QED) is 0.729. The number of nitrogens with two attached hydrogens (primary N) is 1. The normalized spacial score (nSPS) is 18.6. The number of carbonyl (C=O) groups is 1. The summed E-state index contributed by atoms with van der Waals surface area (Å²) in [7, 11) is 0. The molecule has 118 valence electrons. The number of hydrogen-bond acceptors (Lipinski definition) is 4. The van der Waals surface area contributed by atoms with Crippen molar-refractivity contribution in [3.05, 3.63) is 18.2 Å². The maximum Gasteiger partial charge on any atom is 0.284 e. The zero-order chi connectivity index (χ0) is 15.5. The molecule has 1 heterocycles. The second kappa shape index (κ2) is 6.15. The summed E-state index contributed by atoms with van der Waals surface area (Å²) in [6.45, 7) is 5.24. The molecule has 0 spiro atoms. The first-order valence-electron chi connectivity index (χ1n) is 7.61. The van der Waals surface area contributed by atoms with E-state index in [4.69, 9.17) is 5.73 Å². The SMILES string of the molecule is CC(C)(CNCC1(O)CCCCC1)n1ccnc1C(N)=O. The van der Waals surface area contributed by atoms with Crippen LogP contribution in [0.3, 0.4) is 0 Å². The molecule has 1 aliphatic rings. The summed E-state index contributed by atoms with van der Waals surface area (Å²) in [6, 6.07) is 0. The van der Waals surface area contributed by atoms with Crippen LogP contribution in [0.15, 0.2) is 12.4 Å². The van der Waals surface area contributed by atoms with Gasteiger partial charge in [-0.05, 0) is 26.7 Å². The largest absolute Gasteiger partial charge is 0.389 e. The Hall–Kier alpha value is -1.40. The van der Waals surface area contributed by atoms with Gasteiger partial charge in [-0.2, -0.15) is 0 Å². The highest BCUT2D eigenvalue weighted by Gasteiger charge is 2.30. The van der Waals surface area contributed by atoms with Crippen LogP contribution < -0.4 is 11.1 Å². The summed E-state index contributed by atoms with van der Waals surface area (Å²) in [4.78, 5) is 15.4. The summed E-state index contributed by atoms with van der Waals surface area (Å²) in [5.41, 5.74) is 4.41. The lowest BCUT2D eigenvalue weighted by Gasteiger charge is -2.34. The monoisotopic (exact) mass is 294 g/mol. The fourth-order valence-corrected chi connectivity index (χ4v) is 3.05. The average Bonchev–Trinajstić information content (AvgIpc) is 2.89. The molecule has 0 bridgehead atoms. The first-order chi connectivity index (χ1) is 9.84. The Morgan fingerprint density at radius 1 is 1.48 bits per heavy atom. The number of nitrogens with zero attached hydrogens (tertiary/aromatic N) is 2. The van der Waals surface area contributed by atoms with Crippen LogP contribution >= 0.6 is 0 Å². The molecule has 0 unspecified atom stereocenters. The second-order valence-electron chi connectivity index (χ2n) is 6.69. The van der Waals surface area contributed by atoms with E-state index < -0.39 is 11.5 Å². The Bertz CT molecular complexity index is 490. The van der Waals surface area contributed by atoms with Crippen LogP contribution in [0.4, 0.5) is 0 Å². The minimum absolute atomic E-state index is 0.262. The molecule has 0 aliphatic heterocycles. The molecule has 0 radical (unpaired) electrons. The lowest BCUT2D eigenvalue weighted by molar-refractivity contribution is 0.00346. The van der Waals surface area contributed by atoms with Crippen LogP contribution in [0.2, 0.25) is 0 Å². The number of rotatable bonds is 6. The van der Waals surface area contributed by atoms with E-state index in [0.29, 0.717) is 13.1 Å². The molecule has 1 aliphatic carbocycles. The van der Waals surface area contributed by atoms with Gasteiger partial charge in [-0.1, -0.05) is 19.3 Å². The predicted octanol–water partition coefficient (Wildman–Crippen LogP) is 1.00. The van der Waals surface area contributed by atoms with Crippen molar-refractivity contribution in [3.63, 3.8) is 0 Å². The number of imidazole rings is 1. The van der Waals surface area contributed by atoms with E-state index >= 15 is 0 Å². The van der Waals surface area contributed by atoms with Gasteiger partial charge >= 0.3 is 0 Å². The van der Waals surface area contributed by atoms with Crippen LogP contribution in [0.1, 0.15) is 56.6 Å². The zero-order valence-electron chi connectivity index (χ0n) is 12.9. The van der Waals surface area contributed by atoms with E-state index in [-0.39, 0.29) is 11.4 Å². The third-order valence-electron chi connectivity index (χ3n) is 4.31. The van der Waals surface area contributed by atoms with Crippen molar-refractivity contribution in [3.8, 4) is 0 Å². The van der Waals surface area contributed by atoms with Crippen molar-refractivity contribution >= 4 is 5.91 Å². The Morgan fingerprint density at radius 3 is 2.76 bits per heavy atom. The molecule has 6 heteroatoms. The Morgan fingerprint density at radius 2 is 2.14 bits per heavy atom. The van der Waals surface area contributed by atoms with Crippen molar-refractivity contribution in [1.29, 1.82) is 0 Å². The second-order valence-corrected chi connectivity index (χ2v) is 6.69. The van der Waals surface area contributed by atoms with Gasteiger partial charge in [0.1, 0.15) is 0 Å². The lowest BCUT2D eigenvalue weighted by atomic mass is 9.85. The van der Waals surface area contributed by atoms with Crippen molar-refractivity contribution < 1.29 is 9.90 Å². The molecule has 2 rings (SSSR count). The molecule has 6 nitrogen and oxygen atoms in total. The molecule has 1 fully saturated rings. The number of primary amides is 1. The van der Waals surface area contributed by atoms with Gasteiger partial charge in [-0.15, -0.1) is 0 Å². The molecule has 4 N–H and O–H groups in total. The Labute approximate surface area is 125 Å². The summed E-state index contributed by atoms with van der Waals surface area (Å²) < 4.78 is 1.78. The van der Waals surface area contributed by atoms with Crippen molar-refractivity contribution in [1.82, 2.24) is 14.9 Å². The van der Waals surface area contributed by atoms with Gasteiger partial charge in [0.2, 0.25) is 0 Å². The first kappa shape index (κ1) is 16.0. The van der Waals surface area contributed by atoms with Gasteiger partial charge < -0.3 is 20.7 Å². The highest BCUT2D eigenvalue weighted by Crippen LogP contribution is 2.27. The molecule has 1 aromatic heterocycles. The fourth-order valence-electron chi connectivity index (χ4n) is 3.05. The highest BCUT2D eigenvalue weighted by molar-refractivity contribution is 5.89. The van der Waals surface area contributed by atoms with E-state index in [0.717, 1.165) is 25.7 Å². The van der Waals surface area contributed by atoms with Gasteiger partial charge in [0.15, 0.2) is 5.82 Å². The lowest BCUT2D eigenvalue weighted by Crippen LogP contribution is -2.47. The van der Waals surface area contributed by atoms with Crippen LogP contribution in [0, 0.1) is 0 Å². The number of aromatic nitrogens is 2. The van der Waals surface area contributed by atoms with E-state index in [1.807, 2.05) is 13.8 Å². The number of carbonyl (C=O) groups excluding carboxylic acids is 1. The van der Waals surface area contributed by atoms with Crippen molar-refractivity contribution in [2.24, 2.45) is 5.73 Å². The fraction of sp³-hybridized carbons (Fsp3) is 0.733. The zero-order valence-corrected chi connectivity index (χ0v) is 12.9. The third kappa shape index (κ3) is 3.83. The molecular formula is C15H26N4O2. The van der Waals surface area contributed by atoms with Gasteiger partial charge in [-0.3, -0.25) is 4.79 Å². The Kier molecular flexibility index (Phi) is 4.68. The minimum Gasteiger partial charge on any atom is -0.389 e. The van der Waals surface area contributed by atoms with E-state index in [1.165, 1.54) is 6.42 Å². The van der Waals surface area contributed by atoms with E-state index in [9.17, 15) is 9.90 Å². The standard InChI is InChI=1S/C15H26N4O2/c1-14(2,19-9-8-18-13(19)12(16)20)10-17-11-15(21)6-4-3-5-7-15/h8-9,17,21H,3-7,10-11H2,1-2H3,(H2,16,20). The van der Waals surface area contributed by atoms with Gasteiger partial charge in [0.25, 0.3) is 5.91 Å². The maximum atomic E-state index is 11.4. The molecule has 0 saturated heterocycles. The number of hydrogen-bond donors (Lipinski definition) is 3. The predicted molar refractivity (Wildman–Crippen MR) is 81.0 cm³/mol. The molecule has 1 amide bonds. The van der Waals surface area contributed by atoms with Crippen LogP contribution in [0.25, 0.3) is 0 Å². The van der Waals surface area contributed by atoms with Crippen LogP contribution in [0.5, 0.6) is 0 Å².